The van der Waals surface area contributed by atoms with E-state index in [4.69, 9.17) is 4.74 Å². The van der Waals surface area contributed by atoms with Crippen LogP contribution in [0, 0.1) is 6.92 Å². The highest BCUT2D eigenvalue weighted by Crippen LogP contribution is 2.16. The maximum absolute atomic E-state index is 12.7. The van der Waals surface area contributed by atoms with Gasteiger partial charge in [0.1, 0.15) is 0 Å². The fourth-order valence-corrected chi connectivity index (χ4v) is 3.15. The maximum atomic E-state index is 12.7. The van der Waals surface area contributed by atoms with Crippen LogP contribution >= 0.6 is 0 Å². The first-order valence-electron chi connectivity index (χ1n) is 9.37. The van der Waals surface area contributed by atoms with E-state index in [0.717, 1.165) is 5.56 Å². The molecule has 1 unspecified atom stereocenters. The van der Waals surface area contributed by atoms with Crippen molar-refractivity contribution in [1.82, 2.24) is 4.90 Å². The zero-order chi connectivity index (χ0) is 19.2. The number of amides is 2. The molecule has 1 fully saturated rings. The van der Waals surface area contributed by atoms with Gasteiger partial charge >= 0.3 is 0 Å². The third-order valence-corrected chi connectivity index (χ3v) is 4.68. The van der Waals surface area contributed by atoms with Crippen LogP contribution in [0.2, 0.25) is 0 Å². The second-order valence-corrected chi connectivity index (χ2v) is 7.05. The van der Waals surface area contributed by atoms with E-state index in [1.165, 1.54) is 5.56 Å². The second-order valence-electron chi connectivity index (χ2n) is 7.05. The molecule has 0 aromatic heterocycles. The lowest BCUT2D eigenvalue weighted by Gasteiger charge is -2.31. The van der Waals surface area contributed by atoms with Crippen LogP contribution in [0.5, 0.6) is 0 Å². The first-order valence-corrected chi connectivity index (χ1v) is 9.37. The van der Waals surface area contributed by atoms with Gasteiger partial charge in [0.05, 0.1) is 12.7 Å². The Hall–Kier alpha value is -2.66. The number of hydrogen-bond donors (Lipinski definition) is 1. The van der Waals surface area contributed by atoms with E-state index in [1.807, 2.05) is 32.0 Å². The predicted octanol–water partition coefficient (Wildman–Crippen LogP) is 3.43. The standard InChI is InChI=1S/C22H26N2O3/c1-16-6-8-18(9-7-16)10-11-21(25)23-20-5-3-4-19(14-20)22(26)24-12-13-27-17(2)15-24/h3-9,14,17H,10-13,15H2,1-2H3,(H,23,25). The lowest BCUT2D eigenvalue weighted by atomic mass is 10.1. The number of nitrogens with zero attached hydrogens (tertiary/aromatic N) is 1. The van der Waals surface area contributed by atoms with Crippen LogP contribution in [0.3, 0.4) is 0 Å². The van der Waals surface area contributed by atoms with Crippen LogP contribution in [-0.2, 0) is 16.0 Å². The molecule has 2 amide bonds. The van der Waals surface area contributed by atoms with Crippen molar-refractivity contribution >= 4 is 17.5 Å². The van der Waals surface area contributed by atoms with Crippen LogP contribution in [0.1, 0.15) is 34.8 Å². The fourth-order valence-electron chi connectivity index (χ4n) is 3.15. The highest BCUT2D eigenvalue weighted by Gasteiger charge is 2.22. The molecule has 0 aliphatic carbocycles. The smallest absolute Gasteiger partial charge is 0.254 e. The first kappa shape index (κ1) is 19.1. The van der Waals surface area contributed by atoms with Gasteiger partial charge < -0.3 is 15.0 Å². The highest BCUT2D eigenvalue weighted by molar-refractivity contribution is 5.97. The van der Waals surface area contributed by atoms with Gasteiger partial charge in [0.2, 0.25) is 5.91 Å². The molecular weight excluding hydrogens is 340 g/mol. The van der Waals surface area contributed by atoms with Gasteiger partial charge in [0, 0.05) is 30.8 Å². The number of ether oxygens (including phenoxy) is 1. The van der Waals surface area contributed by atoms with Gasteiger partial charge in [-0.15, -0.1) is 0 Å². The Balaban J connectivity index is 1.57. The third kappa shape index (κ3) is 5.41. The monoisotopic (exact) mass is 366 g/mol. The van der Waals surface area contributed by atoms with Crippen molar-refractivity contribution in [2.45, 2.75) is 32.8 Å². The fraction of sp³-hybridized carbons (Fsp3) is 0.364. The highest BCUT2D eigenvalue weighted by atomic mass is 16.5. The van der Waals surface area contributed by atoms with Crippen molar-refractivity contribution in [1.29, 1.82) is 0 Å². The molecule has 27 heavy (non-hydrogen) atoms. The molecule has 3 rings (SSSR count). The number of carbonyl (C=O) groups is 2. The van der Waals surface area contributed by atoms with E-state index in [1.54, 1.807) is 23.1 Å². The Labute approximate surface area is 160 Å². The molecule has 2 aromatic rings. The first-order chi connectivity index (χ1) is 13.0. The average Bonchev–Trinajstić information content (AvgIpc) is 2.67. The topological polar surface area (TPSA) is 58.6 Å². The molecule has 1 aliphatic rings. The number of benzene rings is 2. The molecule has 2 aromatic carbocycles. The van der Waals surface area contributed by atoms with Crippen molar-refractivity contribution < 1.29 is 14.3 Å². The number of carbonyl (C=O) groups excluding carboxylic acids is 2. The van der Waals surface area contributed by atoms with E-state index in [0.29, 0.717) is 43.8 Å². The zero-order valence-corrected chi connectivity index (χ0v) is 15.9. The summed E-state index contributed by atoms with van der Waals surface area (Å²) in [6.07, 6.45) is 1.14. The Kier molecular flexibility index (Phi) is 6.24. The number of anilines is 1. The van der Waals surface area contributed by atoms with Crippen LogP contribution < -0.4 is 5.32 Å². The SMILES string of the molecule is Cc1ccc(CCC(=O)Nc2cccc(C(=O)N3CCOC(C)C3)c2)cc1. The van der Waals surface area contributed by atoms with Crippen LogP contribution in [0.15, 0.2) is 48.5 Å². The molecular formula is C22H26N2O3. The summed E-state index contributed by atoms with van der Waals surface area (Å²) in [7, 11) is 0. The van der Waals surface area contributed by atoms with Crippen molar-refractivity contribution in [3.8, 4) is 0 Å². The molecule has 5 nitrogen and oxygen atoms in total. The summed E-state index contributed by atoms with van der Waals surface area (Å²) in [5.74, 6) is -0.0823. The van der Waals surface area contributed by atoms with Crippen LogP contribution in [-0.4, -0.2) is 42.5 Å². The largest absolute Gasteiger partial charge is 0.375 e. The van der Waals surface area contributed by atoms with Gasteiger partial charge in [-0.05, 0) is 44.0 Å². The van der Waals surface area contributed by atoms with E-state index in [9.17, 15) is 9.59 Å². The Morgan fingerprint density at radius 3 is 2.70 bits per heavy atom. The van der Waals surface area contributed by atoms with Gasteiger partial charge in [-0.1, -0.05) is 35.9 Å². The molecule has 1 saturated heterocycles. The molecule has 0 radical (unpaired) electrons. The number of morpholine rings is 1. The summed E-state index contributed by atoms with van der Waals surface area (Å²) in [5, 5.41) is 2.90. The number of rotatable bonds is 5. The lowest BCUT2D eigenvalue weighted by molar-refractivity contribution is -0.116. The van der Waals surface area contributed by atoms with E-state index >= 15 is 0 Å². The summed E-state index contributed by atoms with van der Waals surface area (Å²) >= 11 is 0. The Bertz CT molecular complexity index is 801. The van der Waals surface area contributed by atoms with Gasteiger partial charge in [-0.3, -0.25) is 9.59 Å². The summed E-state index contributed by atoms with van der Waals surface area (Å²) < 4.78 is 5.49. The molecule has 0 bridgehead atoms. The minimum Gasteiger partial charge on any atom is -0.375 e. The van der Waals surface area contributed by atoms with E-state index in [-0.39, 0.29) is 17.9 Å². The molecule has 0 spiro atoms. The van der Waals surface area contributed by atoms with Gasteiger partial charge in [0.25, 0.3) is 5.91 Å². The minimum atomic E-state index is -0.0554. The molecule has 1 N–H and O–H groups in total. The molecule has 1 atom stereocenters. The van der Waals surface area contributed by atoms with Crippen molar-refractivity contribution in [3.05, 3.63) is 65.2 Å². The predicted molar refractivity (Wildman–Crippen MR) is 106 cm³/mol. The summed E-state index contributed by atoms with van der Waals surface area (Å²) in [6.45, 7) is 5.75. The van der Waals surface area contributed by atoms with E-state index < -0.39 is 0 Å². The zero-order valence-electron chi connectivity index (χ0n) is 15.9. The summed E-state index contributed by atoms with van der Waals surface area (Å²) in [5.41, 5.74) is 3.58. The van der Waals surface area contributed by atoms with Crippen molar-refractivity contribution in [2.75, 3.05) is 25.0 Å². The maximum Gasteiger partial charge on any atom is 0.254 e. The normalized spacial score (nSPS) is 16.8. The number of aryl methyl sites for hydroxylation is 2. The molecule has 0 saturated carbocycles. The molecule has 142 valence electrons. The third-order valence-electron chi connectivity index (χ3n) is 4.68. The Morgan fingerprint density at radius 1 is 1.19 bits per heavy atom. The molecule has 5 heteroatoms. The minimum absolute atomic E-state index is 0.0269. The number of nitrogens with one attached hydrogen (secondary N) is 1. The van der Waals surface area contributed by atoms with Gasteiger partial charge in [-0.2, -0.15) is 0 Å². The van der Waals surface area contributed by atoms with Crippen molar-refractivity contribution in [3.63, 3.8) is 0 Å². The Morgan fingerprint density at radius 2 is 1.96 bits per heavy atom. The van der Waals surface area contributed by atoms with Crippen molar-refractivity contribution in [2.24, 2.45) is 0 Å². The summed E-state index contributed by atoms with van der Waals surface area (Å²) in [6, 6.07) is 15.3. The average molecular weight is 366 g/mol. The molecule has 1 aliphatic heterocycles. The van der Waals surface area contributed by atoms with Gasteiger partial charge in [-0.25, -0.2) is 0 Å². The van der Waals surface area contributed by atoms with Crippen LogP contribution in [0.25, 0.3) is 0 Å². The quantitative estimate of drug-likeness (QED) is 0.882. The van der Waals surface area contributed by atoms with Gasteiger partial charge in [0.15, 0.2) is 0 Å². The molecule has 1 heterocycles. The van der Waals surface area contributed by atoms with Crippen LogP contribution in [0.4, 0.5) is 5.69 Å². The lowest BCUT2D eigenvalue weighted by Crippen LogP contribution is -2.44. The number of hydrogen-bond acceptors (Lipinski definition) is 3. The van der Waals surface area contributed by atoms with E-state index in [2.05, 4.69) is 17.4 Å². The summed E-state index contributed by atoms with van der Waals surface area (Å²) in [4.78, 5) is 26.7. The second kappa shape index (κ2) is 8.82.